The molecule has 0 saturated carbocycles. The number of rotatable bonds is 3. The average molecular weight is 191 g/mol. The van der Waals surface area contributed by atoms with E-state index in [1.807, 2.05) is 36.0 Å². The second-order valence-electron chi connectivity index (χ2n) is 3.07. The van der Waals surface area contributed by atoms with Crippen LogP contribution in [0.15, 0.2) is 24.5 Å². The third-order valence-corrected chi connectivity index (χ3v) is 2.15. The number of hydrogen-bond donors (Lipinski definition) is 1. The molecule has 0 saturated heterocycles. The summed E-state index contributed by atoms with van der Waals surface area (Å²) in [6.07, 6.45) is 3.79. The van der Waals surface area contributed by atoms with Crippen LogP contribution in [0.4, 0.5) is 0 Å². The Labute approximate surface area is 82.5 Å². The average Bonchev–Trinajstić information content (AvgIpc) is 2.61. The van der Waals surface area contributed by atoms with Crippen molar-refractivity contribution < 1.29 is 4.74 Å². The molecule has 1 N–H and O–H groups in total. The Morgan fingerprint density at radius 3 is 3.07 bits per heavy atom. The monoisotopic (exact) mass is 191 g/mol. The highest BCUT2D eigenvalue weighted by Gasteiger charge is 2.02. The first-order valence-corrected chi connectivity index (χ1v) is 4.49. The zero-order valence-corrected chi connectivity index (χ0v) is 8.32. The van der Waals surface area contributed by atoms with Crippen molar-refractivity contribution in [2.45, 2.75) is 6.54 Å². The van der Waals surface area contributed by atoms with E-state index in [-0.39, 0.29) is 0 Å². The molecule has 4 nitrogen and oxygen atoms in total. The van der Waals surface area contributed by atoms with Crippen LogP contribution in [-0.4, -0.2) is 23.5 Å². The number of fused-ring (bicyclic) bond motifs is 1. The molecule has 0 unspecified atom stereocenters. The Morgan fingerprint density at radius 1 is 1.50 bits per heavy atom. The number of hydrogen-bond acceptors (Lipinski definition) is 3. The van der Waals surface area contributed by atoms with E-state index < -0.39 is 0 Å². The van der Waals surface area contributed by atoms with Crippen LogP contribution >= 0.6 is 0 Å². The highest BCUT2D eigenvalue weighted by atomic mass is 16.5. The van der Waals surface area contributed by atoms with Crippen molar-refractivity contribution in [2.75, 3.05) is 14.2 Å². The molecular formula is C10H13N3O. The molecule has 0 aromatic carbocycles. The van der Waals surface area contributed by atoms with Gasteiger partial charge in [-0.05, 0) is 19.2 Å². The van der Waals surface area contributed by atoms with Crippen molar-refractivity contribution in [1.29, 1.82) is 0 Å². The van der Waals surface area contributed by atoms with Crippen LogP contribution in [0.25, 0.3) is 5.52 Å². The number of imidazole rings is 1. The molecule has 0 fully saturated rings. The predicted octanol–water partition coefficient (Wildman–Crippen LogP) is 1.06. The summed E-state index contributed by atoms with van der Waals surface area (Å²) >= 11 is 0. The standard InChI is InChI=1S/C10H13N3O/c1-11-6-10-12-5-8-3-4-9(14-2)7-13(8)10/h3-5,7,11H,6H2,1-2H3. The summed E-state index contributed by atoms with van der Waals surface area (Å²) < 4.78 is 7.18. The first-order valence-electron chi connectivity index (χ1n) is 4.49. The van der Waals surface area contributed by atoms with Gasteiger partial charge in [0.2, 0.25) is 0 Å². The molecule has 0 spiro atoms. The Bertz CT molecular complexity index is 436. The van der Waals surface area contributed by atoms with Gasteiger partial charge in [0.1, 0.15) is 11.6 Å². The number of methoxy groups -OCH3 is 1. The SMILES string of the molecule is CNCc1ncc2ccc(OC)cn12. The maximum atomic E-state index is 5.16. The van der Waals surface area contributed by atoms with E-state index in [1.54, 1.807) is 7.11 Å². The summed E-state index contributed by atoms with van der Waals surface area (Å²) in [5, 5.41) is 3.08. The van der Waals surface area contributed by atoms with Crippen molar-refractivity contribution in [3.8, 4) is 5.75 Å². The maximum absolute atomic E-state index is 5.16. The van der Waals surface area contributed by atoms with Crippen LogP contribution in [0.5, 0.6) is 5.75 Å². The third kappa shape index (κ3) is 1.44. The zero-order valence-electron chi connectivity index (χ0n) is 8.32. The Balaban J connectivity index is 2.52. The predicted molar refractivity (Wildman–Crippen MR) is 54.5 cm³/mol. The summed E-state index contributed by atoms with van der Waals surface area (Å²) in [5.74, 6) is 1.83. The Morgan fingerprint density at radius 2 is 2.36 bits per heavy atom. The summed E-state index contributed by atoms with van der Waals surface area (Å²) in [6.45, 7) is 0.751. The van der Waals surface area contributed by atoms with E-state index in [2.05, 4.69) is 10.3 Å². The van der Waals surface area contributed by atoms with Gasteiger partial charge >= 0.3 is 0 Å². The maximum Gasteiger partial charge on any atom is 0.135 e. The number of nitrogens with one attached hydrogen (secondary N) is 1. The fraction of sp³-hybridized carbons (Fsp3) is 0.300. The van der Waals surface area contributed by atoms with Gasteiger partial charge in [-0.15, -0.1) is 0 Å². The second kappa shape index (κ2) is 3.67. The van der Waals surface area contributed by atoms with Crippen molar-refractivity contribution in [2.24, 2.45) is 0 Å². The lowest BCUT2D eigenvalue weighted by atomic mass is 10.4. The van der Waals surface area contributed by atoms with Crippen LogP contribution < -0.4 is 10.1 Å². The van der Waals surface area contributed by atoms with E-state index in [4.69, 9.17) is 4.74 Å². The molecule has 2 heterocycles. The number of aromatic nitrogens is 2. The van der Waals surface area contributed by atoms with Crippen LogP contribution in [0.1, 0.15) is 5.82 Å². The first-order chi connectivity index (χ1) is 6.85. The second-order valence-corrected chi connectivity index (χ2v) is 3.07. The summed E-state index contributed by atoms with van der Waals surface area (Å²) in [7, 11) is 3.57. The minimum absolute atomic E-state index is 0.751. The van der Waals surface area contributed by atoms with Gasteiger partial charge < -0.3 is 10.1 Å². The van der Waals surface area contributed by atoms with E-state index in [1.165, 1.54) is 0 Å². The third-order valence-electron chi connectivity index (χ3n) is 2.15. The lowest BCUT2D eigenvalue weighted by molar-refractivity contribution is 0.412. The molecule has 0 amide bonds. The minimum atomic E-state index is 0.751. The minimum Gasteiger partial charge on any atom is -0.495 e. The van der Waals surface area contributed by atoms with Crippen molar-refractivity contribution in [1.82, 2.24) is 14.7 Å². The molecule has 0 bridgehead atoms. The van der Waals surface area contributed by atoms with E-state index in [0.29, 0.717) is 0 Å². The van der Waals surface area contributed by atoms with Gasteiger partial charge in [0.25, 0.3) is 0 Å². The van der Waals surface area contributed by atoms with Crippen molar-refractivity contribution in [3.05, 3.63) is 30.4 Å². The molecule has 2 rings (SSSR count). The summed E-state index contributed by atoms with van der Waals surface area (Å²) in [6, 6.07) is 3.92. The fourth-order valence-electron chi connectivity index (χ4n) is 1.43. The Kier molecular flexibility index (Phi) is 2.37. The fourth-order valence-corrected chi connectivity index (χ4v) is 1.43. The normalized spacial score (nSPS) is 10.7. The van der Waals surface area contributed by atoms with Gasteiger partial charge in [-0.3, -0.25) is 4.40 Å². The van der Waals surface area contributed by atoms with E-state index in [9.17, 15) is 0 Å². The number of pyridine rings is 1. The van der Waals surface area contributed by atoms with Gasteiger partial charge in [-0.1, -0.05) is 0 Å². The molecule has 0 aliphatic carbocycles. The number of ether oxygens (including phenoxy) is 1. The summed E-state index contributed by atoms with van der Waals surface area (Å²) in [4.78, 5) is 4.31. The van der Waals surface area contributed by atoms with Crippen molar-refractivity contribution in [3.63, 3.8) is 0 Å². The van der Waals surface area contributed by atoms with Gasteiger partial charge in [0.15, 0.2) is 0 Å². The van der Waals surface area contributed by atoms with Crippen LogP contribution in [0.2, 0.25) is 0 Å². The molecule has 4 heteroatoms. The molecule has 14 heavy (non-hydrogen) atoms. The molecule has 2 aromatic rings. The number of nitrogens with zero attached hydrogens (tertiary/aromatic N) is 2. The molecule has 0 aliphatic rings. The molecule has 0 radical (unpaired) electrons. The van der Waals surface area contributed by atoms with Gasteiger partial charge in [0, 0.05) is 0 Å². The molecule has 74 valence electrons. The van der Waals surface area contributed by atoms with Crippen LogP contribution in [0, 0.1) is 0 Å². The van der Waals surface area contributed by atoms with Crippen LogP contribution in [0.3, 0.4) is 0 Å². The van der Waals surface area contributed by atoms with Crippen LogP contribution in [-0.2, 0) is 6.54 Å². The zero-order chi connectivity index (χ0) is 9.97. The molecular weight excluding hydrogens is 178 g/mol. The van der Waals surface area contributed by atoms with E-state index in [0.717, 1.165) is 23.6 Å². The molecule has 0 atom stereocenters. The largest absolute Gasteiger partial charge is 0.495 e. The van der Waals surface area contributed by atoms with Gasteiger partial charge in [0.05, 0.1) is 31.6 Å². The lowest BCUT2D eigenvalue weighted by Crippen LogP contribution is -2.08. The highest BCUT2D eigenvalue weighted by Crippen LogP contribution is 2.14. The smallest absolute Gasteiger partial charge is 0.135 e. The topological polar surface area (TPSA) is 38.6 Å². The summed E-state index contributed by atoms with van der Waals surface area (Å²) in [5.41, 5.74) is 1.08. The first kappa shape index (κ1) is 9.02. The van der Waals surface area contributed by atoms with Crippen molar-refractivity contribution >= 4 is 5.52 Å². The Hall–Kier alpha value is -1.55. The highest BCUT2D eigenvalue weighted by molar-refractivity contribution is 5.48. The van der Waals surface area contributed by atoms with Gasteiger partial charge in [-0.25, -0.2) is 4.98 Å². The lowest BCUT2D eigenvalue weighted by Gasteiger charge is -2.03. The molecule has 0 aliphatic heterocycles. The van der Waals surface area contributed by atoms with E-state index >= 15 is 0 Å². The molecule has 2 aromatic heterocycles. The quantitative estimate of drug-likeness (QED) is 0.788. The van der Waals surface area contributed by atoms with Gasteiger partial charge in [-0.2, -0.15) is 0 Å².